The number of benzene rings is 1. The number of carbonyl (C=O) groups excluding carboxylic acids is 2. The standard InChI is InChI=1S/C20H27N3O5S/c1-2-28-20(25)18-14-29-12-11-22(18)19(24)15-7-8-16(17(13-15)23(26)27)21-9-5-3-4-6-10-21/h7-8,13,18H,2-6,9-12,14H2,1H3/t18-/m1/s1. The first kappa shape index (κ1) is 21.4. The lowest BCUT2D eigenvalue weighted by Crippen LogP contribution is -2.51. The van der Waals surface area contributed by atoms with E-state index >= 15 is 0 Å². The van der Waals surface area contributed by atoms with Crippen molar-refractivity contribution in [2.75, 3.05) is 42.6 Å². The van der Waals surface area contributed by atoms with Crippen LogP contribution in [0.25, 0.3) is 0 Å². The Kier molecular flexibility index (Phi) is 7.35. The van der Waals surface area contributed by atoms with Crippen molar-refractivity contribution >= 4 is 35.0 Å². The van der Waals surface area contributed by atoms with Crippen LogP contribution >= 0.6 is 11.8 Å². The van der Waals surface area contributed by atoms with Gasteiger partial charge < -0.3 is 14.5 Å². The van der Waals surface area contributed by atoms with Gasteiger partial charge in [-0.25, -0.2) is 4.79 Å². The van der Waals surface area contributed by atoms with E-state index in [2.05, 4.69) is 0 Å². The Labute approximate surface area is 174 Å². The van der Waals surface area contributed by atoms with E-state index < -0.39 is 16.9 Å². The average molecular weight is 422 g/mol. The van der Waals surface area contributed by atoms with Crippen LogP contribution in [-0.2, 0) is 9.53 Å². The fourth-order valence-corrected chi connectivity index (χ4v) is 4.86. The molecule has 0 bridgehead atoms. The first-order valence-electron chi connectivity index (χ1n) is 10.1. The summed E-state index contributed by atoms with van der Waals surface area (Å²) in [6, 6.07) is 4.01. The van der Waals surface area contributed by atoms with Crippen molar-refractivity contribution in [3.8, 4) is 0 Å². The van der Waals surface area contributed by atoms with E-state index in [4.69, 9.17) is 4.74 Å². The minimum absolute atomic E-state index is 0.0585. The Balaban J connectivity index is 1.87. The molecule has 3 rings (SSSR count). The van der Waals surface area contributed by atoms with Gasteiger partial charge in [0.2, 0.25) is 0 Å². The molecule has 2 aliphatic heterocycles. The lowest BCUT2D eigenvalue weighted by molar-refractivity contribution is -0.384. The number of carbonyl (C=O) groups is 2. The SMILES string of the molecule is CCOC(=O)[C@H]1CSCCN1C(=O)c1ccc(N2CCCCCC2)c([N+](=O)[O-])c1. The topological polar surface area (TPSA) is 93.0 Å². The molecule has 0 spiro atoms. The fraction of sp³-hybridized carbons (Fsp3) is 0.600. The van der Waals surface area contributed by atoms with E-state index in [1.54, 1.807) is 30.8 Å². The molecular formula is C20H27N3O5S. The van der Waals surface area contributed by atoms with Crippen molar-refractivity contribution in [1.82, 2.24) is 4.90 Å². The summed E-state index contributed by atoms with van der Waals surface area (Å²) >= 11 is 1.60. The monoisotopic (exact) mass is 421 g/mol. The van der Waals surface area contributed by atoms with Crippen LogP contribution in [0, 0.1) is 10.1 Å². The molecule has 8 nitrogen and oxygen atoms in total. The summed E-state index contributed by atoms with van der Waals surface area (Å²) in [6.07, 6.45) is 4.27. The summed E-state index contributed by atoms with van der Waals surface area (Å²) < 4.78 is 5.11. The van der Waals surface area contributed by atoms with Gasteiger partial charge in [0.25, 0.3) is 11.6 Å². The molecule has 0 aromatic heterocycles. The van der Waals surface area contributed by atoms with Crippen molar-refractivity contribution in [3.63, 3.8) is 0 Å². The molecule has 0 saturated carbocycles. The molecule has 1 aromatic carbocycles. The van der Waals surface area contributed by atoms with Gasteiger partial charge in [-0.15, -0.1) is 0 Å². The highest BCUT2D eigenvalue weighted by molar-refractivity contribution is 7.99. The Morgan fingerprint density at radius 2 is 1.93 bits per heavy atom. The second-order valence-electron chi connectivity index (χ2n) is 7.20. The first-order valence-corrected chi connectivity index (χ1v) is 11.3. The highest BCUT2D eigenvalue weighted by Gasteiger charge is 2.35. The minimum atomic E-state index is -0.662. The van der Waals surface area contributed by atoms with Crippen LogP contribution < -0.4 is 4.90 Å². The lowest BCUT2D eigenvalue weighted by atomic mass is 10.1. The molecule has 1 atom stereocenters. The predicted octanol–water partition coefficient (Wildman–Crippen LogP) is 3.10. The van der Waals surface area contributed by atoms with Crippen molar-refractivity contribution in [3.05, 3.63) is 33.9 Å². The maximum Gasteiger partial charge on any atom is 0.329 e. The number of hydrogen-bond donors (Lipinski definition) is 0. The summed E-state index contributed by atoms with van der Waals surface area (Å²) in [7, 11) is 0. The van der Waals surface area contributed by atoms with Gasteiger partial charge in [-0.2, -0.15) is 11.8 Å². The molecule has 2 fully saturated rings. The van der Waals surface area contributed by atoms with E-state index in [0.29, 0.717) is 18.0 Å². The Bertz CT molecular complexity index is 764. The maximum atomic E-state index is 13.1. The summed E-state index contributed by atoms with van der Waals surface area (Å²) in [5.74, 6) is 0.395. The summed E-state index contributed by atoms with van der Waals surface area (Å²) in [5.41, 5.74) is 0.734. The van der Waals surface area contributed by atoms with Gasteiger partial charge in [0.05, 0.1) is 11.5 Å². The largest absolute Gasteiger partial charge is 0.464 e. The Hall–Kier alpha value is -2.29. The quantitative estimate of drug-likeness (QED) is 0.410. The molecule has 0 aliphatic carbocycles. The number of nitrogens with zero attached hydrogens (tertiary/aromatic N) is 3. The van der Waals surface area contributed by atoms with Crippen molar-refractivity contribution in [1.29, 1.82) is 0 Å². The predicted molar refractivity (Wildman–Crippen MR) is 113 cm³/mol. The van der Waals surface area contributed by atoms with Crippen LogP contribution in [0.4, 0.5) is 11.4 Å². The molecule has 2 heterocycles. The zero-order chi connectivity index (χ0) is 20.8. The zero-order valence-electron chi connectivity index (χ0n) is 16.7. The number of nitro benzene ring substituents is 1. The van der Waals surface area contributed by atoms with Crippen LogP contribution in [0.1, 0.15) is 43.0 Å². The smallest absolute Gasteiger partial charge is 0.329 e. The van der Waals surface area contributed by atoms with Gasteiger partial charge in [-0.1, -0.05) is 12.8 Å². The van der Waals surface area contributed by atoms with Gasteiger partial charge >= 0.3 is 5.97 Å². The average Bonchev–Trinajstić information content (AvgIpc) is 3.02. The molecule has 158 valence electrons. The number of ether oxygens (including phenoxy) is 1. The molecule has 9 heteroatoms. The first-order chi connectivity index (χ1) is 14.0. The van der Waals surface area contributed by atoms with E-state index in [1.807, 2.05) is 4.90 Å². The molecule has 0 N–H and O–H groups in total. The second-order valence-corrected chi connectivity index (χ2v) is 8.35. The molecule has 1 aromatic rings. The van der Waals surface area contributed by atoms with Gasteiger partial charge in [0.1, 0.15) is 11.7 Å². The Morgan fingerprint density at radius 3 is 2.59 bits per heavy atom. The number of hydrogen-bond acceptors (Lipinski definition) is 7. The number of esters is 1. The van der Waals surface area contributed by atoms with E-state index in [9.17, 15) is 19.7 Å². The third-order valence-corrected chi connectivity index (χ3v) is 6.34. The minimum Gasteiger partial charge on any atom is -0.464 e. The van der Waals surface area contributed by atoms with E-state index in [1.165, 1.54) is 11.0 Å². The molecular weight excluding hydrogens is 394 g/mol. The third kappa shape index (κ3) is 5.01. The summed E-state index contributed by atoms with van der Waals surface area (Å²) in [5, 5.41) is 11.7. The van der Waals surface area contributed by atoms with Crippen molar-refractivity contribution in [2.24, 2.45) is 0 Å². The van der Waals surface area contributed by atoms with Gasteiger partial charge in [0, 0.05) is 42.8 Å². The van der Waals surface area contributed by atoms with Gasteiger partial charge in [-0.3, -0.25) is 14.9 Å². The summed E-state index contributed by atoms with van der Waals surface area (Å²) in [4.78, 5) is 40.2. The van der Waals surface area contributed by atoms with Crippen LogP contribution in [0.5, 0.6) is 0 Å². The fourth-order valence-electron chi connectivity index (χ4n) is 3.83. The Morgan fingerprint density at radius 1 is 1.21 bits per heavy atom. The number of thioether (sulfide) groups is 1. The molecule has 0 unspecified atom stereocenters. The maximum absolute atomic E-state index is 13.1. The number of amides is 1. The molecule has 2 aliphatic rings. The molecule has 1 amide bonds. The normalized spacial score (nSPS) is 20.1. The zero-order valence-corrected chi connectivity index (χ0v) is 17.5. The van der Waals surface area contributed by atoms with Crippen LogP contribution in [0.3, 0.4) is 0 Å². The van der Waals surface area contributed by atoms with E-state index in [0.717, 1.165) is 44.5 Å². The van der Waals surface area contributed by atoms with Crippen molar-refractivity contribution in [2.45, 2.75) is 38.6 Å². The van der Waals surface area contributed by atoms with E-state index in [-0.39, 0.29) is 23.8 Å². The molecule has 29 heavy (non-hydrogen) atoms. The van der Waals surface area contributed by atoms with Crippen LogP contribution in [0.2, 0.25) is 0 Å². The van der Waals surface area contributed by atoms with Crippen LogP contribution in [0.15, 0.2) is 18.2 Å². The number of anilines is 1. The summed E-state index contributed by atoms with van der Waals surface area (Å²) in [6.45, 7) is 3.95. The molecule has 2 saturated heterocycles. The highest BCUT2D eigenvalue weighted by Crippen LogP contribution is 2.32. The van der Waals surface area contributed by atoms with Gasteiger partial charge in [-0.05, 0) is 31.9 Å². The number of nitro groups is 1. The van der Waals surface area contributed by atoms with Gasteiger partial charge in [0.15, 0.2) is 0 Å². The second kappa shape index (κ2) is 9.96. The highest BCUT2D eigenvalue weighted by atomic mass is 32.2. The molecule has 0 radical (unpaired) electrons. The van der Waals surface area contributed by atoms with Crippen LogP contribution in [-0.4, -0.2) is 65.5 Å². The lowest BCUT2D eigenvalue weighted by Gasteiger charge is -2.33. The van der Waals surface area contributed by atoms with Crippen molar-refractivity contribution < 1.29 is 19.2 Å². The third-order valence-electron chi connectivity index (χ3n) is 5.31. The number of rotatable bonds is 5.